The minimum absolute atomic E-state index is 0.0616. The lowest BCUT2D eigenvalue weighted by atomic mass is 10.1. The van der Waals surface area contributed by atoms with Gasteiger partial charge < -0.3 is 10.5 Å². The van der Waals surface area contributed by atoms with Crippen LogP contribution in [0, 0.1) is 0 Å². The fraction of sp³-hybridized carbons (Fsp3) is 0.538. The molecule has 1 fully saturated rings. The van der Waals surface area contributed by atoms with Crippen molar-refractivity contribution >= 4 is 21.6 Å². The topological polar surface area (TPSA) is 81.4 Å². The molecule has 1 aliphatic heterocycles. The van der Waals surface area contributed by atoms with Crippen LogP contribution in [-0.2, 0) is 21.3 Å². The predicted molar refractivity (Wildman–Crippen MR) is 78.1 cm³/mol. The van der Waals surface area contributed by atoms with Crippen LogP contribution in [0.5, 0.6) is 0 Å². The van der Waals surface area contributed by atoms with Crippen LogP contribution in [-0.4, -0.2) is 27.2 Å². The molecule has 0 amide bonds. The summed E-state index contributed by atoms with van der Waals surface area (Å²) in [5, 5.41) is 0.195. The summed E-state index contributed by atoms with van der Waals surface area (Å²) < 4.78 is 32.8. The number of hydrogen-bond donors (Lipinski definition) is 2. The second-order valence-electron chi connectivity index (χ2n) is 4.99. The maximum Gasteiger partial charge on any atom is 0.242 e. The maximum atomic E-state index is 12.4. The molecule has 1 aromatic carbocycles. The number of ether oxygens (including phenoxy) is 1. The van der Waals surface area contributed by atoms with E-state index in [1.807, 2.05) is 6.92 Å². The quantitative estimate of drug-likeness (QED) is 0.884. The minimum atomic E-state index is -3.62. The standard InChI is InChI=1S/C13H19ClN2O3S/c1-9-6-11(4-5-19-9)16-20(17,18)13-3-2-10(8-15)7-12(13)14/h2-3,7,9,11,16H,4-6,8,15H2,1H3. The number of hydrogen-bond acceptors (Lipinski definition) is 4. The largest absolute Gasteiger partial charge is 0.378 e. The van der Waals surface area contributed by atoms with Gasteiger partial charge in [-0.2, -0.15) is 0 Å². The van der Waals surface area contributed by atoms with Gasteiger partial charge in [0, 0.05) is 19.2 Å². The first kappa shape index (κ1) is 15.7. The highest BCUT2D eigenvalue weighted by atomic mass is 35.5. The van der Waals surface area contributed by atoms with Crippen LogP contribution >= 0.6 is 11.6 Å². The van der Waals surface area contributed by atoms with Gasteiger partial charge in [0.2, 0.25) is 10.0 Å². The predicted octanol–water partition coefficient (Wildman–Crippen LogP) is 1.64. The van der Waals surface area contributed by atoms with E-state index in [1.54, 1.807) is 12.1 Å². The van der Waals surface area contributed by atoms with Crippen molar-refractivity contribution in [2.45, 2.75) is 43.4 Å². The van der Waals surface area contributed by atoms with E-state index < -0.39 is 10.0 Å². The normalized spacial score (nSPS) is 23.8. The molecule has 20 heavy (non-hydrogen) atoms. The summed E-state index contributed by atoms with van der Waals surface area (Å²) in [6.45, 7) is 2.82. The van der Waals surface area contributed by atoms with E-state index in [-0.39, 0.29) is 22.1 Å². The number of nitrogens with one attached hydrogen (secondary N) is 1. The summed E-state index contributed by atoms with van der Waals surface area (Å²) in [4.78, 5) is 0.0931. The van der Waals surface area contributed by atoms with E-state index in [4.69, 9.17) is 22.1 Å². The number of sulfonamides is 1. The molecule has 5 nitrogen and oxygen atoms in total. The molecule has 1 aliphatic rings. The number of nitrogens with two attached hydrogens (primary N) is 1. The van der Waals surface area contributed by atoms with Gasteiger partial charge in [0.25, 0.3) is 0 Å². The molecule has 1 heterocycles. The van der Waals surface area contributed by atoms with Crippen molar-refractivity contribution in [3.05, 3.63) is 28.8 Å². The highest BCUT2D eigenvalue weighted by molar-refractivity contribution is 7.89. The van der Waals surface area contributed by atoms with Crippen LogP contribution in [0.4, 0.5) is 0 Å². The van der Waals surface area contributed by atoms with E-state index in [9.17, 15) is 8.42 Å². The van der Waals surface area contributed by atoms with Gasteiger partial charge in [0.05, 0.1) is 11.1 Å². The molecule has 0 saturated carbocycles. The summed E-state index contributed by atoms with van der Waals surface area (Å²) in [6, 6.07) is 4.64. The lowest BCUT2D eigenvalue weighted by molar-refractivity contribution is 0.0173. The van der Waals surface area contributed by atoms with E-state index in [2.05, 4.69) is 4.72 Å². The van der Waals surface area contributed by atoms with Crippen LogP contribution in [0.15, 0.2) is 23.1 Å². The smallest absolute Gasteiger partial charge is 0.242 e. The van der Waals surface area contributed by atoms with Gasteiger partial charge in [0.1, 0.15) is 4.90 Å². The summed E-state index contributed by atoms with van der Waals surface area (Å²) in [6.07, 6.45) is 1.39. The van der Waals surface area contributed by atoms with Gasteiger partial charge in [-0.1, -0.05) is 17.7 Å². The van der Waals surface area contributed by atoms with Gasteiger partial charge in [-0.3, -0.25) is 0 Å². The first-order valence-electron chi connectivity index (χ1n) is 6.55. The molecule has 2 atom stereocenters. The average molecular weight is 319 g/mol. The first-order chi connectivity index (χ1) is 9.42. The van der Waals surface area contributed by atoms with Crippen LogP contribution in [0.2, 0.25) is 5.02 Å². The van der Waals surface area contributed by atoms with Crippen LogP contribution < -0.4 is 10.5 Å². The van der Waals surface area contributed by atoms with E-state index in [0.29, 0.717) is 26.0 Å². The van der Waals surface area contributed by atoms with Crippen molar-refractivity contribution in [2.75, 3.05) is 6.61 Å². The Labute approximate surface area is 124 Å². The van der Waals surface area contributed by atoms with E-state index in [1.165, 1.54) is 6.07 Å². The van der Waals surface area contributed by atoms with Gasteiger partial charge >= 0.3 is 0 Å². The van der Waals surface area contributed by atoms with E-state index >= 15 is 0 Å². The zero-order chi connectivity index (χ0) is 14.8. The summed E-state index contributed by atoms with van der Waals surface area (Å²) in [7, 11) is -3.62. The molecule has 0 spiro atoms. The van der Waals surface area contributed by atoms with Crippen molar-refractivity contribution in [2.24, 2.45) is 5.73 Å². The van der Waals surface area contributed by atoms with Gasteiger partial charge in [-0.15, -0.1) is 0 Å². The van der Waals surface area contributed by atoms with Crippen molar-refractivity contribution in [3.8, 4) is 0 Å². The third kappa shape index (κ3) is 3.71. The minimum Gasteiger partial charge on any atom is -0.378 e. The highest BCUT2D eigenvalue weighted by Gasteiger charge is 2.26. The molecule has 2 unspecified atom stereocenters. The fourth-order valence-corrected chi connectivity index (χ4v) is 4.13. The number of rotatable bonds is 4. The molecule has 0 radical (unpaired) electrons. The molecule has 2 rings (SSSR count). The highest BCUT2D eigenvalue weighted by Crippen LogP contribution is 2.24. The van der Waals surface area contributed by atoms with E-state index in [0.717, 1.165) is 5.56 Å². The molecule has 112 valence electrons. The Bertz CT molecular complexity index is 577. The van der Waals surface area contributed by atoms with Crippen molar-refractivity contribution in [1.82, 2.24) is 4.72 Å². The Balaban J connectivity index is 2.17. The maximum absolute atomic E-state index is 12.4. The third-order valence-corrected chi connectivity index (χ3v) is 5.33. The summed E-state index contributed by atoms with van der Waals surface area (Å²) in [5.41, 5.74) is 6.30. The molecule has 0 aliphatic carbocycles. The molecule has 0 aromatic heterocycles. The molecular formula is C13H19ClN2O3S. The van der Waals surface area contributed by atoms with Gasteiger partial charge in [-0.25, -0.2) is 13.1 Å². The van der Waals surface area contributed by atoms with Crippen molar-refractivity contribution < 1.29 is 13.2 Å². The second kappa shape index (κ2) is 6.41. The van der Waals surface area contributed by atoms with Crippen molar-refractivity contribution in [3.63, 3.8) is 0 Å². The summed E-state index contributed by atoms with van der Waals surface area (Å²) in [5.74, 6) is 0. The SMILES string of the molecule is CC1CC(NS(=O)(=O)c2ccc(CN)cc2Cl)CCO1. The Morgan fingerprint density at radius 2 is 2.25 bits per heavy atom. The number of benzene rings is 1. The Morgan fingerprint density at radius 1 is 1.50 bits per heavy atom. The molecule has 7 heteroatoms. The molecular weight excluding hydrogens is 300 g/mol. The van der Waals surface area contributed by atoms with Crippen LogP contribution in [0.3, 0.4) is 0 Å². The monoisotopic (exact) mass is 318 g/mol. The van der Waals surface area contributed by atoms with Gasteiger partial charge in [-0.05, 0) is 37.5 Å². The van der Waals surface area contributed by atoms with Crippen LogP contribution in [0.25, 0.3) is 0 Å². The van der Waals surface area contributed by atoms with Gasteiger partial charge in [0.15, 0.2) is 0 Å². The van der Waals surface area contributed by atoms with Crippen molar-refractivity contribution in [1.29, 1.82) is 0 Å². The second-order valence-corrected chi connectivity index (χ2v) is 7.08. The first-order valence-corrected chi connectivity index (χ1v) is 8.41. The Kier molecular flexibility index (Phi) is 5.04. The summed E-state index contributed by atoms with van der Waals surface area (Å²) >= 11 is 6.04. The zero-order valence-electron chi connectivity index (χ0n) is 11.3. The Hall–Kier alpha value is -0.660. The molecule has 3 N–H and O–H groups in total. The lowest BCUT2D eigenvalue weighted by Crippen LogP contribution is -2.41. The molecule has 0 bridgehead atoms. The third-order valence-electron chi connectivity index (χ3n) is 3.33. The molecule has 1 saturated heterocycles. The fourth-order valence-electron chi connectivity index (χ4n) is 2.28. The zero-order valence-corrected chi connectivity index (χ0v) is 12.9. The average Bonchev–Trinajstić information content (AvgIpc) is 2.37. The lowest BCUT2D eigenvalue weighted by Gasteiger charge is -2.27. The number of halogens is 1. The Morgan fingerprint density at radius 3 is 2.85 bits per heavy atom. The van der Waals surface area contributed by atoms with Crippen LogP contribution in [0.1, 0.15) is 25.3 Å². The molecule has 1 aromatic rings.